The highest BCUT2D eigenvalue weighted by atomic mass is 79.9. The number of carbonyl (C=O) groups is 1. The van der Waals surface area contributed by atoms with Crippen LogP contribution in [0.15, 0.2) is 71.2 Å². The van der Waals surface area contributed by atoms with Crippen LogP contribution in [0.25, 0.3) is 22.2 Å². The summed E-state index contributed by atoms with van der Waals surface area (Å²) in [5.74, 6) is 0.596. The lowest BCUT2D eigenvalue weighted by Gasteiger charge is -2.13. The van der Waals surface area contributed by atoms with Gasteiger partial charge in [0.05, 0.1) is 23.4 Å². The number of halogens is 1. The predicted octanol–water partition coefficient (Wildman–Crippen LogP) is 6.93. The van der Waals surface area contributed by atoms with Gasteiger partial charge in [-0.25, -0.2) is 4.98 Å². The van der Waals surface area contributed by atoms with Gasteiger partial charge in [-0.05, 0) is 68.8 Å². The number of aryl methyl sites for hydroxylation is 2. The van der Waals surface area contributed by atoms with Gasteiger partial charge in [-0.2, -0.15) is 0 Å². The van der Waals surface area contributed by atoms with Crippen molar-refractivity contribution in [3.05, 3.63) is 87.9 Å². The molecule has 0 bridgehead atoms. The quantitative estimate of drug-likeness (QED) is 0.341. The van der Waals surface area contributed by atoms with E-state index in [0.29, 0.717) is 17.9 Å². The summed E-state index contributed by atoms with van der Waals surface area (Å²) in [5, 5.41) is 3.82. The third kappa shape index (κ3) is 4.62. The summed E-state index contributed by atoms with van der Waals surface area (Å²) >= 11 is 3.55. The summed E-state index contributed by atoms with van der Waals surface area (Å²) < 4.78 is 6.40. The summed E-state index contributed by atoms with van der Waals surface area (Å²) in [5.41, 5.74) is 6.05. The van der Waals surface area contributed by atoms with Gasteiger partial charge in [0, 0.05) is 21.1 Å². The lowest BCUT2D eigenvalue weighted by Crippen LogP contribution is -2.13. The fourth-order valence-electron chi connectivity index (χ4n) is 3.52. The predicted molar refractivity (Wildman–Crippen MR) is 130 cm³/mol. The molecule has 4 nitrogen and oxygen atoms in total. The largest absolute Gasteiger partial charge is 0.494 e. The molecule has 31 heavy (non-hydrogen) atoms. The molecule has 1 aromatic heterocycles. The molecule has 0 radical (unpaired) electrons. The van der Waals surface area contributed by atoms with E-state index in [1.165, 1.54) is 5.56 Å². The minimum absolute atomic E-state index is 0.178. The number of benzene rings is 3. The Morgan fingerprint density at radius 3 is 2.39 bits per heavy atom. The van der Waals surface area contributed by atoms with E-state index in [1.54, 1.807) is 0 Å². The van der Waals surface area contributed by atoms with Crippen LogP contribution in [0.5, 0.6) is 5.75 Å². The van der Waals surface area contributed by atoms with Gasteiger partial charge in [0.2, 0.25) is 0 Å². The number of ether oxygens (including phenoxy) is 1. The van der Waals surface area contributed by atoms with Gasteiger partial charge >= 0.3 is 0 Å². The Kier molecular flexibility index (Phi) is 6.05. The van der Waals surface area contributed by atoms with E-state index in [0.717, 1.165) is 37.9 Å². The summed E-state index contributed by atoms with van der Waals surface area (Å²) in [4.78, 5) is 18.2. The lowest BCUT2D eigenvalue weighted by atomic mass is 10.0. The van der Waals surface area contributed by atoms with E-state index in [1.807, 2.05) is 68.4 Å². The Labute approximate surface area is 190 Å². The van der Waals surface area contributed by atoms with Gasteiger partial charge in [-0.15, -0.1) is 0 Å². The van der Waals surface area contributed by atoms with Crippen molar-refractivity contribution in [1.29, 1.82) is 0 Å². The molecule has 1 amide bonds. The molecular formula is C26H23BrN2O2. The molecule has 3 aromatic carbocycles. The Morgan fingerprint density at radius 1 is 1.00 bits per heavy atom. The van der Waals surface area contributed by atoms with Crippen LogP contribution in [0, 0.1) is 13.8 Å². The van der Waals surface area contributed by atoms with Gasteiger partial charge in [-0.1, -0.05) is 45.8 Å². The summed E-state index contributed by atoms with van der Waals surface area (Å²) in [6, 6.07) is 21.4. The molecule has 156 valence electrons. The molecule has 1 heterocycles. The van der Waals surface area contributed by atoms with Crippen molar-refractivity contribution in [1.82, 2.24) is 4.98 Å². The number of aromatic nitrogens is 1. The van der Waals surface area contributed by atoms with E-state index < -0.39 is 0 Å². The second-order valence-electron chi connectivity index (χ2n) is 7.45. The molecule has 5 heteroatoms. The number of nitrogens with one attached hydrogen (secondary N) is 1. The van der Waals surface area contributed by atoms with E-state index in [-0.39, 0.29) is 5.91 Å². The first-order chi connectivity index (χ1) is 14.9. The average Bonchev–Trinajstić information content (AvgIpc) is 2.75. The topological polar surface area (TPSA) is 51.2 Å². The van der Waals surface area contributed by atoms with E-state index >= 15 is 0 Å². The van der Waals surface area contributed by atoms with Crippen LogP contribution in [-0.2, 0) is 0 Å². The minimum atomic E-state index is -0.178. The SMILES string of the molecule is CCOc1ccc(NC(=O)c2cc(-c3ccc(C)cc3)nc3c(C)cc(Br)cc23)cc1. The van der Waals surface area contributed by atoms with Gasteiger partial charge in [-0.3, -0.25) is 4.79 Å². The van der Waals surface area contributed by atoms with Crippen molar-refractivity contribution >= 4 is 38.4 Å². The van der Waals surface area contributed by atoms with Crippen molar-refractivity contribution in [2.45, 2.75) is 20.8 Å². The second-order valence-corrected chi connectivity index (χ2v) is 8.37. The van der Waals surface area contributed by atoms with Crippen molar-refractivity contribution in [3.8, 4) is 17.0 Å². The molecule has 1 N–H and O–H groups in total. The van der Waals surface area contributed by atoms with Gasteiger partial charge in [0.25, 0.3) is 5.91 Å². The van der Waals surface area contributed by atoms with Crippen molar-refractivity contribution < 1.29 is 9.53 Å². The van der Waals surface area contributed by atoms with Gasteiger partial charge in [0.15, 0.2) is 0 Å². The summed E-state index contributed by atoms with van der Waals surface area (Å²) in [7, 11) is 0. The van der Waals surface area contributed by atoms with Crippen LogP contribution < -0.4 is 10.1 Å². The van der Waals surface area contributed by atoms with Crippen molar-refractivity contribution in [2.24, 2.45) is 0 Å². The smallest absolute Gasteiger partial charge is 0.256 e. The van der Waals surface area contributed by atoms with Crippen molar-refractivity contribution in [3.63, 3.8) is 0 Å². The number of anilines is 1. The first-order valence-electron chi connectivity index (χ1n) is 10.2. The number of pyridine rings is 1. The maximum absolute atomic E-state index is 13.3. The van der Waals surface area contributed by atoms with Crippen LogP contribution in [0.4, 0.5) is 5.69 Å². The highest BCUT2D eigenvalue weighted by Crippen LogP contribution is 2.30. The molecule has 0 aliphatic carbocycles. The van der Waals surface area contributed by atoms with E-state index in [4.69, 9.17) is 9.72 Å². The molecule has 0 aliphatic heterocycles. The van der Waals surface area contributed by atoms with Crippen LogP contribution in [-0.4, -0.2) is 17.5 Å². The third-order valence-corrected chi connectivity index (χ3v) is 5.54. The summed E-state index contributed by atoms with van der Waals surface area (Å²) in [6.07, 6.45) is 0. The first kappa shape index (κ1) is 21.1. The third-order valence-electron chi connectivity index (χ3n) is 5.08. The second kappa shape index (κ2) is 8.90. The number of hydrogen-bond acceptors (Lipinski definition) is 3. The fourth-order valence-corrected chi connectivity index (χ4v) is 4.09. The Morgan fingerprint density at radius 2 is 1.71 bits per heavy atom. The number of hydrogen-bond donors (Lipinski definition) is 1. The standard InChI is InChI=1S/C26H23BrN2O2/c1-4-31-21-11-9-20(10-12-21)28-26(30)23-15-24(18-7-5-16(2)6-8-18)29-25-17(3)13-19(27)14-22(23)25/h5-15H,4H2,1-3H3,(H,28,30). The van der Waals surface area contributed by atoms with Crippen LogP contribution in [0.1, 0.15) is 28.4 Å². The molecule has 0 aliphatic rings. The molecule has 0 fully saturated rings. The van der Waals surface area contributed by atoms with Crippen LogP contribution in [0.3, 0.4) is 0 Å². The Hall–Kier alpha value is -3.18. The maximum atomic E-state index is 13.3. The monoisotopic (exact) mass is 474 g/mol. The zero-order chi connectivity index (χ0) is 22.0. The molecule has 0 spiro atoms. The Balaban J connectivity index is 1.78. The Bertz CT molecular complexity index is 1250. The van der Waals surface area contributed by atoms with Crippen LogP contribution in [0.2, 0.25) is 0 Å². The average molecular weight is 475 g/mol. The number of carbonyl (C=O) groups excluding carboxylic acids is 1. The maximum Gasteiger partial charge on any atom is 0.256 e. The number of rotatable bonds is 5. The van der Waals surface area contributed by atoms with Crippen LogP contribution >= 0.6 is 15.9 Å². The highest BCUT2D eigenvalue weighted by molar-refractivity contribution is 9.10. The van der Waals surface area contributed by atoms with E-state index in [2.05, 4.69) is 40.3 Å². The molecule has 0 unspecified atom stereocenters. The lowest BCUT2D eigenvalue weighted by molar-refractivity contribution is 0.102. The van der Waals surface area contributed by atoms with E-state index in [9.17, 15) is 4.79 Å². The first-order valence-corrected chi connectivity index (χ1v) is 11.0. The number of fused-ring (bicyclic) bond motifs is 1. The molecule has 0 atom stereocenters. The van der Waals surface area contributed by atoms with Crippen molar-refractivity contribution in [2.75, 3.05) is 11.9 Å². The molecule has 4 aromatic rings. The number of nitrogens with zero attached hydrogens (tertiary/aromatic N) is 1. The zero-order valence-electron chi connectivity index (χ0n) is 17.7. The molecule has 4 rings (SSSR count). The molecular weight excluding hydrogens is 452 g/mol. The fraction of sp³-hybridized carbons (Fsp3) is 0.154. The zero-order valence-corrected chi connectivity index (χ0v) is 19.3. The minimum Gasteiger partial charge on any atom is -0.494 e. The molecule has 0 saturated heterocycles. The van der Waals surface area contributed by atoms with Gasteiger partial charge in [0.1, 0.15) is 5.75 Å². The normalized spacial score (nSPS) is 10.8. The van der Waals surface area contributed by atoms with Gasteiger partial charge < -0.3 is 10.1 Å². The molecule has 0 saturated carbocycles. The number of amides is 1. The summed E-state index contributed by atoms with van der Waals surface area (Å²) in [6.45, 7) is 6.60. The highest BCUT2D eigenvalue weighted by Gasteiger charge is 2.16.